The Morgan fingerprint density at radius 1 is 1.40 bits per heavy atom. The van der Waals surface area contributed by atoms with Crippen LogP contribution in [0.15, 0.2) is 0 Å². The van der Waals surface area contributed by atoms with Gasteiger partial charge in [-0.3, -0.25) is 0 Å². The maximum Gasteiger partial charge on any atom is 0.130 e. The molecule has 0 heterocycles. The molecule has 0 amide bonds. The molecule has 0 fully saturated rings. The van der Waals surface area contributed by atoms with Gasteiger partial charge < -0.3 is 0 Å². The molecular formula is CHFe2NS. The van der Waals surface area contributed by atoms with Crippen LogP contribution in [0.5, 0.6) is 0 Å². The molecule has 32 valence electrons. The van der Waals surface area contributed by atoms with Crippen LogP contribution in [-0.4, -0.2) is 0 Å². The molecule has 0 radical (unpaired) electrons. The van der Waals surface area contributed by atoms with Gasteiger partial charge in [-0.15, -0.1) is 0 Å². The van der Waals surface area contributed by atoms with Gasteiger partial charge in [-0.1, -0.05) is 12.6 Å². The number of thiocyanates is 1. The molecule has 0 N–H and O–H groups in total. The van der Waals surface area contributed by atoms with E-state index in [1.165, 1.54) is 5.40 Å². The van der Waals surface area contributed by atoms with Crippen molar-refractivity contribution in [3.05, 3.63) is 0 Å². The fraction of sp³-hybridized carbons (Fsp3) is 0. The van der Waals surface area contributed by atoms with Crippen LogP contribution in [0.2, 0.25) is 0 Å². The summed E-state index contributed by atoms with van der Waals surface area (Å²) in [5.74, 6) is 0. The molecule has 0 spiro atoms. The molecule has 0 aliphatic heterocycles. The number of hydrogen-bond donors (Lipinski definition) is 1. The average molecular weight is 171 g/mol. The summed E-state index contributed by atoms with van der Waals surface area (Å²) in [6.45, 7) is 0. The molecule has 0 bridgehead atoms. The summed E-state index contributed by atoms with van der Waals surface area (Å²) in [4.78, 5) is 0. The molecule has 0 unspecified atom stereocenters. The smallest absolute Gasteiger partial charge is 0.130 e. The van der Waals surface area contributed by atoms with Crippen LogP contribution in [-0.2, 0) is 34.1 Å². The summed E-state index contributed by atoms with van der Waals surface area (Å²) in [5, 5.41) is 8.63. The van der Waals surface area contributed by atoms with Crippen LogP contribution in [0.3, 0.4) is 0 Å². The number of nitrogens with zero attached hydrogens (tertiary/aromatic N) is 1. The van der Waals surface area contributed by atoms with Crippen molar-refractivity contribution < 1.29 is 34.1 Å². The van der Waals surface area contributed by atoms with Gasteiger partial charge in [0, 0.05) is 34.1 Å². The van der Waals surface area contributed by atoms with Crippen molar-refractivity contribution in [2.45, 2.75) is 0 Å². The number of nitriles is 1. The molecule has 4 heteroatoms. The van der Waals surface area contributed by atoms with Crippen LogP contribution >= 0.6 is 12.6 Å². The van der Waals surface area contributed by atoms with E-state index in [4.69, 9.17) is 5.26 Å². The van der Waals surface area contributed by atoms with Gasteiger partial charge in [0.15, 0.2) is 0 Å². The molecular weight excluding hydrogens is 170 g/mol. The minimum Gasteiger partial charge on any atom is -0.185 e. The Labute approximate surface area is 57.5 Å². The van der Waals surface area contributed by atoms with Crippen LogP contribution < -0.4 is 0 Å². The van der Waals surface area contributed by atoms with E-state index in [1.807, 2.05) is 0 Å². The molecule has 0 aromatic heterocycles. The molecule has 0 aliphatic carbocycles. The van der Waals surface area contributed by atoms with Crippen molar-refractivity contribution in [2.24, 2.45) is 0 Å². The molecule has 0 atom stereocenters. The van der Waals surface area contributed by atoms with E-state index < -0.39 is 0 Å². The SMILES string of the molecule is N#CS.[Fe].[Fe]. The summed E-state index contributed by atoms with van der Waals surface area (Å²) >= 11 is 3.09. The second kappa shape index (κ2) is 20.8. The molecule has 5 heavy (non-hydrogen) atoms. The Morgan fingerprint density at radius 3 is 1.40 bits per heavy atom. The van der Waals surface area contributed by atoms with Gasteiger partial charge in [0.2, 0.25) is 0 Å². The minimum absolute atomic E-state index is 0. The monoisotopic (exact) mass is 171 g/mol. The minimum atomic E-state index is 0. The quantitative estimate of drug-likeness (QED) is 0.318. The number of thiol groups is 1. The first-order valence-corrected chi connectivity index (χ1v) is 0.894. The van der Waals surface area contributed by atoms with Crippen LogP contribution in [0.25, 0.3) is 0 Å². The standard InChI is InChI=1S/CHNS.2Fe/c2-1-3;;/h3H;;. The van der Waals surface area contributed by atoms with Crippen molar-refractivity contribution in [2.75, 3.05) is 0 Å². The van der Waals surface area contributed by atoms with E-state index >= 15 is 0 Å². The molecule has 0 aliphatic rings. The van der Waals surface area contributed by atoms with Crippen molar-refractivity contribution in [1.82, 2.24) is 0 Å². The predicted molar refractivity (Wildman–Crippen MR) is 14.6 cm³/mol. The third-order valence-electron chi connectivity index (χ3n) is 0. The van der Waals surface area contributed by atoms with E-state index in [1.54, 1.807) is 0 Å². The Hall–Kier alpha value is 0.879. The predicted octanol–water partition coefficient (Wildman–Crippen LogP) is 0.392. The average Bonchev–Trinajstić information content (AvgIpc) is 0.918. The van der Waals surface area contributed by atoms with Gasteiger partial charge in [0.05, 0.1) is 0 Å². The molecule has 0 saturated carbocycles. The van der Waals surface area contributed by atoms with Crippen molar-refractivity contribution in [3.8, 4) is 5.40 Å². The Balaban J connectivity index is -0.0000000200. The zero-order chi connectivity index (χ0) is 2.71. The van der Waals surface area contributed by atoms with Gasteiger partial charge in [-0.05, 0) is 0 Å². The summed E-state index contributed by atoms with van der Waals surface area (Å²) in [5.41, 5.74) is 0. The summed E-state index contributed by atoms with van der Waals surface area (Å²) in [6, 6.07) is 0. The number of rotatable bonds is 0. The van der Waals surface area contributed by atoms with Gasteiger partial charge in [0.1, 0.15) is 5.40 Å². The van der Waals surface area contributed by atoms with Crippen LogP contribution in [0.4, 0.5) is 0 Å². The summed E-state index contributed by atoms with van der Waals surface area (Å²) < 4.78 is 0. The van der Waals surface area contributed by atoms with Gasteiger partial charge in [0.25, 0.3) is 0 Å². The summed E-state index contributed by atoms with van der Waals surface area (Å²) in [6.07, 6.45) is 0. The molecule has 0 aromatic rings. The molecule has 1 nitrogen and oxygen atoms in total. The largest absolute Gasteiger partial charge is 0.185 e. The van der Waals surface area contributed by atoms with E-state index in [0.717, 1.165) is 0 Å². The fourth-order valence-electron chi connectivity index (χ4n) is 0. The second-order valence-corrected chi connectivity index (χ2v) is 0.300. The van der Waals surface area contributed by atoms with Crippen LogP contribution in [0, 0.1) is 10.7 Å². The third kappa shape index (κ3) is 52.3. The second-order valence-electron chi connectivity index (χ2n) is 0.100. The zero-order valence-corrected chi connectivity index (χ0v) is 5.20. The normalized spacial score (nSPS) is 1.60. The summed E-state index contributed by atoms with van der Waals surface area (Å²) in [7, 11) is 0. The van der Waals surface area contributed by atoms with Gasteiger partial charge in [-0.25, -0.2) is 0 Å². The third-order valence-corrected chi connectivity index (χ3v) is 0. The first-order chi connectivity index (χ1) is 1.41. The first-order valence-electron chi connectivity index (χ1n) is 0.447. The van der Waals surface area contributed by atoms with Gasteiger partial charge in [-0.2, -0.15) is 5.26 Å². The molecule has 0 rings (SSSR count). The fourth-order valence-corrected chi connectivity index (χ4v) is 0. The van der Waals surface area contributed by atoms with Crippen LogP contribution in [0.1, 0.15) is 0 Å². The molecule has 0 saturated heterocycles. The first kappa shape index (κ1) is 16.9. The van der Waals surface area contributed by atoms with E-state index in [-0.39, 0.29) is 34.1 Å². The van der Waals surface area contributed by atoms with Crippen molar-refractivity contribution in [1.29, 1.82) is 5.26 Å². The van der Waals surface area contributed by atoms with Gasteiger partial charge >= 0.3 is 0 Å². The Morgan fingerprint density at radius 2 is 1.40 bits per heavy atom. The zero-order valence-electron chi connectivity index (χ0n) is 2.10. The maximum atomic E-state index is 7.18. The topological polar surface area (TPSA) is 23.8 Å². The van der Waals surface area contributed by atoms with E-state index in [9.17, 15) is 0 Å². The maximum absolute atomic E-state index is 7.18. The van der Waals surface area contributed by atoms with Crippen molar-refractivity contribution >= 4 is 12.6 Å². The van der Waals surface area contributed by atoms with Crippen molar-refractivity contribution in [3.63, 3.8) is 0 Å². The Bertz CT molecular complexity index is 31.1. The van der Waals surface area contributed by atoms with E-state index in [0.29, 0.717) is 0 Å². The van der Waals surface area contributed by atoms with E-state index in [2.05, 4.69) is 12.6 Å². The molecule has 0 aromatic carbocycles. The Kier molecular flexibility index (Phi) is 70.2. The number of hydrogen-bond acceptors (Lipinski definition) is 2.